The molecule has 82 valence electrons. The molecule has 0 atom stereocenters. The molecular formula is C11H21NO2. The number of amides is 1. The SMILES string of the molecule is CCCC1(CNC(=O)OC(C)C)CC1. The van der Waals surface area contributed by atoms with E-state index in [0.29, 0.717) is 5.41 Å². The van der Waals surface area contributed by atoms with Crippen molar-refractivity contribution in [3.05, 3.63) is 0 Å². The van der Waals surface area contributed by atoms with Crippen LogP contribution in [0.25, 0.3) is 0 Å². The molecule has 0 unspecified atom stereocenters. The summed E-state index contributed by atoms with van der Waals surface area (Å²) in [5.41, 5.74) is 0.407. The van der Waals surface area contributed by atoms with Crippen molar-refractivity contribution < 1.29 is 9.53 Å². The Kier molecular flexibility index (Phi) is 3.78. The highest BCUT2D eigenvalue weighted by molar-refractivity contribution is 5.67. The minimum atomic E-state index is -0.276. The molecule has 1 amide bonds. The molecular weight excluding hydrogens is 178 g/mol. The number of nitrogens with one attached hydrogen (secondary N) is 1. The standard InChI is InChI=1S/C11H21NO2/c1-4-5-11(6-7-11)8-12-10(13)14-9(2)3/h9H,4-8H2,1-3H3,(H,12,13). The number of rotatable bonds is 5. The number of hydrogen-bond acceptors (Lipinski definition) is 2. The second-order valence-electron chi connectivity index (χ2n) is 4.56. The van der Waals surface area contributed by atoms with Gasteiger partial charge in [0.15, 0.2) is 0 Å². The van der Waals surface area contributed by atoms with Crippen molar-refractivity contribution >= 4 is 6.09 Å². The van der Waals surface area contributed by atoms with Gasteiger partial charge in [-0.2, -0.15) is 0 Å². The molecule has 0 heterocycles. The lowest BCUT2D eigenvalue weighted by Gasteiger charge is -2.15. The van der Waals surface area contributed by atoms with Gasteiger partial charge in [-0.05, 0) is 38.5 Å². The summed E-state index contributed by atoms with van der Waals surface area (Å²) in [5.74, 6) is 0. The smallest absolute Gasteiger partial charge is 0.407 e. The van der Waals surface area contributed by atoms with E-state index in [-0.39, 0.29) is 12.2 Å². The third-order valence-electron chi connectivity index (χ3n) is 2.69. The monoisotopic (exact) mass is 199 g/mol. The predicted molar refractivity (Wildman–Crippen MR) is 56.2 cm³/mol. The van der Waals surface area contributed by atoms with E-state index in [1.165, 1.54) is 25.7 Å². The molecule has 1 aliphatic carbocycles. The minimum Gasteiger partial charge on any atom is -0.447 e. The maximum absolute atomic E-state index is 11.2. The van der Waals surface area contributed by atoms with Crippen molar-refractivity contribution in [1.29, 1.82) is 0 Å². The van der Waals surface area contributed by atoms with E-state index in [1.807, 2.05) is 13.8 Å². The lowest BCUT2D eigenvalue weighted by molar-refractivity contribution is 0.113. The maximum atomic E-state index is 11.2. The highest BCUT2D eigenvalue weighted by atomic mass is 16.6. The molecule has 0 radical (unpaired) electrons. The maximum Gasteiger partial charge on any atom is 0.407 e. The fourth-order valence-corrected chi connectivity index (χ4v) is 1.74. The van der Waals surface area contributed by atoms with Gasteiger partial charge in [0, 0.05) is 6.54 Å². The molecule has 0 aromatic rings. The Balaban J connectivity index is 2.17. The van der Waals surface area contributed by atoms with E-state index in [9.17, 15) is 4.79 Å². The number of hydrogen-bond donors (Lipinski definition) is 1. The topological polar surface area (TPSA) is 38.3 Å². The average molecular weight is 199 g/mol. The normalized spacial score (nSPS) is 18.0. The summed E-state index contributed by atoms with van der Waals surface area (Å²) in [6.45, 7) is 6.69. The van der Waals surface area contributed by atoms with Gasteiger partial charge in [-0.3, -0.25) is 0 Å². The minimum absolute atomic E-state index is 0.0312. The van der Waals surface area contributed by atoms with Gasteiger partial charge in [-0.15, -0.1) is 0 Å². The van der Waals surface area contributed by atoms with Gasteiger partial charge in [0.2, 0.25) is 0 Å². The molecule has 0 aromatic heterocycles. The van der Waals surface area contributed by atoms with E-state index >= 15 is 0 Å². The fourth-order valence-electron chi connectivity index (χ4n) is 1.74. The first kappa shape index (κ1) is 11.3. The summed E-state index contributed by atoms with van der Waals surface area (Å²) in [4.78, 5) is 11.2. The molecule has 0 aromatic carbocycles. The van der Waals surface area contributed by atoms with Crippen LogP contribution in [-0.2, 0) is 4.74 Å². The van der Waals surface area contributed by atoms with E-state index in [2.05, 4.69) is 12.2 Å². The molecule has 0 saturated heterocycles. The lowest BCUT2D eigenvalue weighted by atomic mass is 10.0. The predicted octanol–water partition coefficient (Wildman–Crippen LogP) is 2.70. The van der Waals surface area contributed by atoms with Crippen molar-refractivity contribution in [3.63, 3.8) is 0 Å². The van der Waals surface area contributed by atoms with Crippen LogP contribution in [0.2, 0.25) is 0 Å². The third kappa shape index (κ3) is 3.56. The highest BCUT2D eigenvalue weighted by Gasteiger charge is 2.41. The summed E-state index contributed by atoms with van der Waals surface area (Å²) in [6, 6.07) is 0. The molecule has 1 rings (SSSR count). The van der Waals surface area contributed by atoms with Crippen LogP contribution in [-0.4, -0.2) is 18.7 Å². The van der Waals surface area contributed by atoms with Crippen molar-refractivity contribution in [2.24, 2.45) is 5.41 Å². The average Bonchev–Trinajstić information content (AvgIpc) is 2.82. The molecule has 0 aliphatic heterocycles. The van der Waals surface area contributed by atoms with Gasteiger partial charge in [0.05, 0.1) is 6.10 Å². The van der Waals surface area contributed by atoms with Crippen LogP contribution in [0.4, 0.5) is 4.79 Å². The summed E-state index contributed by atoms with van der Waals surface area (Å²) in [7, 11) is 0. The van der Waals surface area contributed by atoms with E-state index in [1.54, 1.807) is 0 Å². The second-order valence-corrected chi connectivity index (χ2v) is 4.56. The number of alkyl carbamates (subject to hydrolysis) is 1. The van der Waals surface area contributed by atoms with Gasteiger partial charge in [-0.25, -0.2) is 4.79 Å². The summed E-state index contributed by atoms with van der Waals surface area (Å²) in [6.07, 6.45) is 4.61. The van der Waals surface area contributed by atoms with Gasteiger partial charge in [0.25, 0.3) is 0 Å². The van der Waals surface area contributed by atoms with Crippen LogP contribution in [0, 0.1) is 5.41 Å². The molecule has 3 heteroatoms. The largest absolute Gasteiger partial charge is 0.447 e. The number of ether oxygens (including phenoxy) is 1. The zero-order valence-electron chi connectivity index (χ0n) is 9.43. The molecule has 1 N–H and O–H groups in total. The summed E-state index contributed by atoms with van der Waals surface area (Å²) in [5, 5.41) is 2.84. The van der Waals surface area contributed by atoms with Gasteiger partial charge in [-0.1, -0.05) is 13.3 Å². The Morgan fingerprint density at radius 3 is 2.57 bits per heavy atom. The van der Waals surface area contributed by atoms with E-state index in [0.717, 1.165) is 6.54 Å². The Bertz CT molecular complexity index is 197. The van der Waals surface area contributed by atoms with E-state index < -0.39 is 0 Å². The van der Waals surface area contributed by atoms with Crippen LogP contribution in [0.1, 0.15) is 46.5 Å². The van der Waals surface area contributed by atoms with Gasteiger partial charge < -0.3 is 10.1 Å². The molecule has 0 spiro atoms. The second kappa shape index (κ2) is 4.67. The molecule has 3 nitrogen and oxygen atoms in total. The molecule has 0 bridgehead atoms. The Labute approximate surface area is 86.2 Å². The fraction of sp³-hybridized carbons (Fsp3) is 0.909. The number of carbonyl (C=O) groups excluding carboxylic acids is 1. The first-order chi connectivity index (χ1) is 6.58. The summed E-state index contributed by atoms with van der Waals surface area (Å²) < 4.78 is 5.00. The zero-order chi connectivity index (χ0) is 10.6. The van der Waals surface area contributed by atoms with Gasteiger partial charge >= 0.3 is 6.09 Å². The molecule has 1 saturated carbocycles. The highest BCUT2D eigenvalue weighted by Crippen LogP contribution is 2.48. The first-order valence-electron chi connectivity index (χ1n) is 5.52. The summed E-state index contributed by atoms with van der Waals surface area (Å²) >= 11 is 0. The zero-order valence-corrected chi connectivity index (χ0v) is 9.43. The van der Waals surface area contributed by atoms with Gasteiger partial charge in [0.1, 0.15) is 0 Å². The van der Waals surface area contributed by atoms with Crippen LogP contribution < -0.4 is 5.32 Å². The van der Waals surface area contributed by atoms with Crippen LogP contribution in [0.15, 0.2) is 0 Å². The third-order valence-corrected chi connectivity index (χ3v) is 2.69. The molecule has 1 aliphatic rings. The Hall–Kier alpha value is -0.730. The van der Waals surface area contributed by atoms with E-state index in [4.69, 9.17) is 4.74 Å². The molecule has 1 fully saturated rings. The van der Waals surface area contributed by atoms with Crippen molar-refractivity contribution in [3.8, 4) is 0 Å². The van der Waals surface area contributed by atoms with Crippen molar-refractivity contribution in [2.75, 3.05) is 6.54 Å². The molecule has 14 heavy (non-hydrogen) atoms. The first-order valence-corrected chi connectivity index (χ1v) is 5.52. The Morgan fingerprint density at radius 1 is 1.50 bits per heavy atom. The van der Waals surface area contributed by atoms with Crippen molar-refractivity contribution in [1.82, 2.24) is 5.32 Å². The van der Waals surface area contributed by atoms with Crippen LogP contribution >= 0.6 is 0 Å². The van der Waals surface area contributed by atoms with Crippen LogP contribution in [0.3, 0.4) is 0 Å². The quantitative estimate of drug-likeness (QED) is 0.739. The Morgan fingerprint density at radius 2 is 2.14 bits per heavy atom. The lowest BCUT2D eigenvalue weighted by Crippen LogP contribution is -2.32. The van der Waals surface area contributed by atoms with Crippen molar-refractivity contribution in [2.45, 2.75) is 52.6 Å². The number of carbonyl (C=O) groups is 1. The van der Waals surface area contributed by atoms with Crippen LogP contribution in [0.5, 0.6) is 0 Å².